The standard InChI is InChI=1S/C32H64O2/c1-4-7-10-13-15-17-18-20-22-24-27-30-32(33)34-31(28-25-12-9-6-3)29-26-23-21-19-16-14-11-8-5-2/h31H,4-30H2,1-3H3. The number of hydrogen-bond acceptors (Lipinski definition) is 2. The Hall–Kier alpha value is -0.530. The number of esters is 1. The molecule has 0 radical (unpaired) electrons. The van der Waals surface area contributed by atoms with Crippen molar-refractivity contribution in [3.8, 4) is 0 Å². The van der Waals surface area contributed by atoms with Crippen LogP contribution in [0.15, 0.2) is 0 Å². The summed E-state index contributed by atoms with van der Waals surface area (Å²) in [5.41, 5.74) is 0. The van der Waals surface area contributed by atoms with E-state index in [1.54, 1.807) is 0 Å². The Morgan fingerprint density at radius 3 is 1.12 bits per heavy atom. The van der Waals surface area contributed by atoms with Gasteiger partial charge in [-0.25, -0.2) is 0 Å². The lowest BCUT2D eigenvalue weighted by molar-refractivity contribution is -0.150. The molecule has 0 fully saturated rings. The first-order valence-corrected chi connectivity index (χ1v) is 15.9. The predicted molar refractivity (Wildman–Crippen MR) is 152 cm³/mol. The number of carbonyl (C=O) groups is 1. The van der Waals surface area contributed by atoms with E-state index in [2.05, 4.69) is 20.8 Å². The number of hydrogen-bond donors (Lipinski definition) is 0. The summed E-state index contributed by atoms with van der Waals surface area (Å²) in [6.45, 7) is 6.82. The van der Waals surface area contributed by atoms with Crippen LogP contribution in [0.2, 0.25) is 0 Å². The Balaban J connectivity index is 3.83. The maximum atomic E-state index is 12.4. The van der Waals surface area contributed by atoms with Crippen LogP contribution in [0, 0.1) is 0 Å². The van der Waals surface area contributed by atoms with Gasteiger partial charge in [0.15, 0.2) is 0 Å². The van der Waals surface area contributed by atoms with Crippen LogP contribution in [0.4, 0.5) is 0 Å². The fraction of sp³-hybridized carbons (Fsp3) is 0.969. The van der Waals surface area contributed by atoms with Gasteiger partial charge in [0.2, 0.25) is 0 Å². The van der Waals surface area contributed by atoms with Crippen molar-refractivity contribution in [2.24, 2.45) is 0 Å². The highest BCUT2D eigenvalue weighted by Gasteiger charge is 2.14. The van der Waals surface area contributed by atoms with E-state index in [1.807, 2.05) is 0 Å². The van der Waals surface area contributed by atoms with E-state index in [0.29, 0.717) is 6.42 Å². The molecule has 0 aliphatic heterocycles. The first-order chi connectivity index (χ1) is 16.7. The summed E-state index contributed by atoms with van der Waals surface area (Å²) >= 11 is 0. The van der Waals surface area contributed by atoms with Gasteiger partial charge < -0.3 is 4.74 Å². The molecule has 2 heteroatoms. The second-order valence-corrected chi connectivity index (χ2v) is 10.9. The first kappa shape index (κ1) is 33.5. The summed E-state index contributed by atoms with van der Waals surface area (Å²) in [4.78, 5) is 12.4. The number of rotatable bonds is 28. The van der Waals surface area contributed by atoms with Crippen LogP contribution < -0.4 is 0 Å². The fourth-order valence-corrected chi connectivity index (χ4v) is 4.92. The van der Waals surface area contributed by atoms with E-state index >= 15 is 0 Å². The zero-order valence-corrected chi connectivity index (χ0v) is 24.0. The normalized spacial score (nSPS) is 12.2. The van der Waals surface area contributed by atoms with E-state index in [-0.39, 0.29) is 12.1 Å². The third-order valence-corrected chi connectivity index (χ3v) is 7.29. The minimum absolute atomic E-state index is 0.0624. The SMILES string of the molecule is CCCCCCCCCCCCCC(=O)OC(CCCCCC)CCCCCCCCCCC. The molecular weight excluding hydrogens is 416 g/mol. The third-order valence-electron chi connectivity index (χ3n) is 7.29. The fourth-order valence-electron chi connectivity index (χ4n) is 4.92. The first-order valence-electron chi connectivity index (χ1n) is 15.9. The quantitative estimate of drug-likeness (QED) is 0.0821. The van der Waals surface area contributed by atoms with Gasteiger partial charge in [-0.05, 0) is 32.1 Å². The van der Waals surface area contributed by atoms with Gasteiger partial charge in [0, 0.05) is 6.42 Å². The minimum atomic E-state index is 0.0624. The molecule has 204 valence electrons. The molecule has 0 amide bonds. The molecule has 0 aromatic heterocycles. The maximum Gasteiger partial charge on any atom is 0.306 e. The molecule has 0 heterocycles. The smallest absolute Gasteiger partial charge is 0.306 e. The van der Waals surface area contributed by atoms with E-state index in [1.165, 1.54) is 148 Å². The Kier molecular flexibility index (Phi) is 28.3. The summed E-state index contributed by atoms with van der Waals surface area (Å²) in [5, 5.41) is 0. The molecule has 0 aromatic rings. The van der Waals surface area contributed by atoms with Crippen LogP contribution in [0.3, 0.4) is 0 Å². The molecule has 0 spiro atoms. The van der Waals surface area contributed by atoms with Crippen molar-refractivity contribution in [2.45, 2.75) is 200 Å². The van der Waals surface area contributed by atoms with Crippen molar-refractivity contribution >= 4 is 5.97 Å². The van der Waals surface area contributed by atoms with Crippen LogP contribution in [0.5, 0.6) is 0 Å². The molecule has 0 aromatic carbocycles. The van der Waals surface area contributed by atoms with Crippen molar-refractivity contribution in [3.63, 3.8) is 0 Å². The average molecular weight is 481 g/mol. The molecule has 34 heavy (non-hydrogen) atoms. The monoisotopic (exact) mass is 480 g/mol. The van der Waals surface area contributed by atoms with Gasteiger partial charge >= 0.3 is 5.97 Å². The lowest BCUT2D eigenvalue weighted by Crippen LogP contribution is -2.18. The van der Waals surface area contributed by atoms with Crippen LogP contribution in [0.1, 0.15) is 194 Å². The number of carbonyl (C=O) groups excluding carboxylic acids is 1. The zero-order chi connectivity index (χ0) is 25.0. The van der Waals surface area contributed by atoms with Crippen molar-refractivity contribution in [1.82, 2.24) is 0 Å². The Bertz CT molecular complexity index is 392. The third kappa shape index (κ3) is 26.1. The number of unbranched alkanes of at least 4 members (excludes halogenated alkanes) is 21. The molecule has 2 nitrogen and oxygen atoms in total. The van der Waals surface area contributed by atoms with Crippen molar-refractivity contribution in [1.29, 1.82) is 0 Å². The molecule has 0 rings (SSSR count). The van der Waals surface area contributed by atoms with Gasteiger partial charge in [-0.1, -0.05) is 156 Å². The molecule has 0 bridgehead atoms. The summed E-state index contributed by atoms with van der Waals surface area (Å²) in [5.74, 6) is 0.0624. The van der Waals surface area contributed by atoms with Crippen molar-refractivity contribution < 1.29 is 9.53 Å². The van der Waals surface area contributed by atoms with Crippen LogP contribution in [-0.4, -0.2) is 12.1 Å². The van der Waals surface area contributed by atoms with Crippen LogP contribution in [0.25, 0.3) is 0 Å². The Morgan fingerprint density at radius 1 is 0.441 bits per heavy atom. The summed E-state index contributed by atoms with van der Waals surface area (Å²) < 4.78 is 5.96. The maximum absolute atomic E-state index is 12.4. The zero-order valence-electron chi connectivity index (χ0n) is 24.0. The molecule has 0 aliphatic carbocycles. The molecule has 0 N–H and O–H groups in total. The topological polar surface area (TPSA) is 26.3 Å². The van der Waals surface area contributed by atoms with E-state index in [4.69, 9.17) is 4.74 Å². The van der Waals surface area contributed by atoms with E-state index < -0.39 is 0 Å². The summed E-state index contributed by atoms with van der Waals surface area (Å²) in [7, 11) is 0. The van der Waals surface area contributed by atoms with Gasteiger partial charge in [0.05, 0.1) is 0 Å². The molecule has 0 saturated carbocycles. The molecule has 1 unspecified atom stereocenters. The van der Waals surface area contributed by atoms with Crippen molar-refractivity contribution in [2.75, 3.05) is 0 Å². The highest BCUT2D eigenvalue weighted by molar-refractivity contribution is 5.69. The highest BCUT2D eigenvalue weighted by Crippen LogP contribution is 2.18. The molecule has 1 atom stereocenters. The van der Waals surface area contributed by atoms with Gasteiger partial charge in [-0.15, -0.1) is 0 Å². The van der Waals surface area contributed by atoms with Gasteiger partial charge in [0.1, 0.15) is 6.10 Å². The van der Waals surface area contributed by atoms with Gasteiger partial charge in [0.25, 0.3) is 0 Å². The highest BCUT2D eigenvalue weighted by atomic mass is 16.5. The predicted octanol–water partition coefficient (Wildman–Crippen LogP) is 11.5. The summed E-state index contributed by atoms with van der Waals surface area (Å²) in [6.07, 6.45) is 34.7. The second kappa shape index (κ2) is 28.7. The lowest BCUT2D eigenvalue weighted by Gasteiger charge is -2.18. The van der Waals surface area contributed by atoms with Gasteiger partial charge in [-0.3, -0.25) is 4.79 Å². The second-order valence-electron chi connectivity index (χ2n) is 10.9. The molecular formula is C32H64O2. The van der Waals surface area contributed by atoms with Gasteiger partial charge in [-0.2, -0.15) is 0 Å². The van der Waals surface area contributed by atoms with Crippen molar-refractivity contribution in [3.05, 3.63) is 0 Å². The summed E-state index contributed by atoms with van der Waals surface area (Å²) in [6, 6.07) is 0. The Labute approximate surface area is 215 Å². The van der Waals surface area contributed by atoms with E-state index in [9.17, 15) is 4.79 Å². The average Bonchev–Trinajstić information content (AvgIpc) is 2.84. The lowest BCUT2D eigenvalue weighted by atomic mass is 10.0. The minimum Gasteiger partial charge on any atom is -0.462 e. The van der Waals surface area contributed by atoms with Crippen LogP contribution >= 0.6 is 0 Å². The number of ether oxygens (including phenoxy) is 1. The van der Waals surface area contributed by atoms with E-state index in [0.717, 1.165) is 19.3 Å². The Morgan fingerprint density at radius 2 is 0.735 bits per heavy atom. The molecule has 0 aliphatic rings. The largest absolute Gasteiger partial charge is 0.462 e. The van der Waals surface area contributed by atoms with Crippen LogP contribution in [-0.2, 0) is 9.53 Å². The molecule has 0 saturated heterocycles.